The molecule has 0 saturated heterocycles. The van der Waals surface area contributed by atoms with Crippen LogP contribution in [0.2, 0.25) is 0 Å². The zero-order valence-corrected chi connectivity index (χ0v) is 14.8. The standard InChI is InChI=1S/C21H22N3O/c1-13(2)24-14(3)23-11-10-16-15-7-4-5-8-17(15)22-19(16)21(23)20(24)18-9-6-12-25-18/h4-9,12-13,22H,10-11H2,1-3H3/q+1. The van der Waals surface area contributed by atoms with Crippen LogP contribution < -0.4 is 4.57 Å². The smallest absolute Gasteiger partial charge is 0.254 e. The molecule has 3 aromatic heterocycles. The number of benzene rings is 1. The first-order chi connectivity index (χ1) is 12.2. The van der Waals surface area contributed by atoms with Crippen LogP contribution >= 0.6 is 0 Å². The number of nitrogens with zero attached hydrogens (tertiary/aromatic N) is 2. The Kier molecular flexibility index (Phi) is 2.99. The van der Waals surface area contributed by atoms with Crippen molar-refractivity contribution in [3.05, 3.63) is 54.0 Å². The summed E-state index contributed by atoms with van der Waals surface area (Å²) in [5.74, 6) is 2.21. The normalized spacial score (nSPS) is 13.4. The second-order valence-electron chi connectivity index (χ2n) is 7.11. The van der Waals surface area contributed by atoms with E-state index >= 15 is 0 Å². The zero-order valence-electron chi connectivity index (χ0n) is 14.8. The molecule has 4 heterocycles. The quantitative estimate of drug-likeness (QED) is 0.534. The molecule has 0 atom stereocenters. The van der Waals surface area contributed by atoms with Crippen molar-refractivity contribution in [2.45, 2.75) is 39.8 Å². The van der Waals surface area contributed by atoms with Crippen molar-refractivity contribution in [2.24, 2.45) is 0 Å². The second kappa shape index (κ2) is 5.12. The van der Waals surface area contributed by atoms with Gasteiger partial charge in [0, 0.05) is 24.2 Å². The summed E-state index contributed by atoms with van der Waals surface area (Å²) in [7, 11) is 0. The van der Waals surface area contributed by atoms with Gasteiger partial charge in [0.05, 0.1) is 24.5 Å². The van der Waals surface area contributed by atoms with Crippen molar-refractivity contribution < 1.29 is 8.98 Å². The van der Waals surface area contributed by atoms with E-state index in [9.17, 15) is 0 Å². The number of furan rings is 1. The molecule has 0 aliphatic carbocycles. The fourth-order valence-electron chi connectivity index (χ4n) is 4.39. The summed E-state index contributed by atoms with van der Waals surface area (Å²) in [6, 6.07) is 13.0. The van der Waals surface area contributed by atoms with Gasteiger partial charge in [-0.2, -0.15) is 0 Å². The van der Waals surface area contributed by atoms with Crippen molar-refractivity contribution in [1.82, 2.24) is 9.55 Å². The number of hydrogen-bond donors (Lipinski definition) is 1. The van der Waals surface area contributed by atoms with E-state index in [0.29, 0.717) is 6.04 Å². The van der Waals surface area contributed by atoms with Gasteiger partial charge in [-0.15, -0.1) is 0 Å². The van der Waals surface area contributed by atoms with Crippen LogP contribution in [0.5, 0.6) is 0 Å². The highest BCUT2D eigenvalue weighted by atomic mass is 16.3. The SMILES string of the molecule is Cc1n(C(C)C)c(-c2ccco2)c2[n+]1CCc1c-2[nH]c2ccccc12. The van der Waals surface area contributed by atoms with Gasteiger partial charge in [0.2, 0.25) is 11.4 Å². The van der Waals surface area contributed by atoms with Crippen LogP contribution in [0.25, 0.3) is 33.7 Å². The number of H-pyrrole nitrogens is 1. The first-order valence-corrected chi connectivity index (χ1v) is 8.95. The number of para-hydroxylation sites is 1. The topological polar surface area (TPSA) is 37.7 Å². The minimum atomic E-state index is 0.367. The van der Waals surface area contributed by atoms with Crippen molar-refractivity contribution in [2.75, 3.05) is 0 Å². The predicted octanol–water partition coefficient (Wildman–Crippen LogP) is 4.63. The lowest BCUT2D eigenvalue weighted by Crippen LogP contribution is -2.41. The molecule has 5 rings (SSSR count). The molecular weight excluding hydrogens is 310 g/mol. The summed E-state index contributed by atoms with van der Waals surface area (Å²) in [5.41, 5.74) is 6.29. The number of aromatic nitrogens is 3. The minimum absolute atomic E-state index is 0.367. The molecule has 126 valence electrons. The number of rotatable bonds is 2. The minimum Gasteiger partial charge on any atom is -0.460 e. The summed E-state index contributed by atoms with van der Waals surface area (Å²) in [4.78, 5) is 3.68. The zero-order chi connectivity index (χ0) is 17.1. The van der Waals surface area contributed by atoms with Crippen molar-refractivity contribution in [3.8, 4) is 22.8 Å². The molecule has 0 spiro atoms. The fraction of sp³-hybridized carbons (Fsp3) is 0.286. The van der Waals surface area contributed by atoms with Gasteiger partial charge in [-0.3, -0.25) is 0 Å². The average Bonchev–Trinajstić information content (AvgIpc) is 3.30. The highest BCUT2D eigenvalue weighted by molar-refractivity contribution is 5.92. The van der Waals surface area contributed by atoms with Crippen LogP contribution in [0.4, 0.5) is 0 Å². The molecule has 4 heteroatoms. The first kappa shape index (κ1) is 14.6. The fourth-order valence-corrected chi connectivity index (χ4v) is 4.39. The molecule has 1 aliphatic heterocycles. The molecule has 0 radical (unpaired) electrons. The molecule has 1 aromatic carbocycles. The van der Waals surface area contributed by atoms with Crippen molar-refractivity contribution >= 4 is 10.9 Å². The monoisotopic (exact) mass is 332 g/mol. The third-order valence-corrected chi connectivity index (χ3v) is 5.38. The van der Waals surface area contributed by atoms with E-state index in [4.69, 9.17) is 4.42 Å². The summed E-state index contributed by atoms with van der Waals surface area (Å²) < 4.78 is 10.7. The second-order valence-corrected chi connectivity index (χ2v) is 7.11. The molecule has 0 fully saturated rings. The summed E-state index contributed by atoms with van der Waals surface area (Å²) >= 11 is 0. The Hall–Kier alpha value is -2.75. The molecule has 0 amide bonds. The molecule has 0 bridgehead atoms. The highest BCUT2D eigenvalue weighted by Gasteiger charge is 2.37. The highest BCUT2D eigenvalue weighted by Crippen LogP contribution is 2.39. The Morgan fingerprint density at radius 1 is 1.16 bits per heavy atom. The first-order valence-electron chi connectivity index (χ1n) is 8.95. The van der Waals surface area contributed by atoms with Crippen LogP contribution in [0.15, 0.2) is 47.1 Å². The van der Waals surface area contributed by atoms with E-state index in [1.54, 1.807) is 6.26 Å². The molecule has 0 saturated carbocycles. The summed E-state index contributed by atoms with van der Waals surface area (Å²) in [6.07, 6.45) is 2.81. The van der Waals surface area contributed by atoms with E-state index in [2.05, 4.69) is 65.2 Å². The van der Waals surface area contributed by atoms with E-state index in [0.717, 1.165) is 18.7 Å². The maximum Gasteiger partial charge on any atom is 0.254 e. The van der Waals surface area contributed by atoms with Crippen LogP contribution in [0.1, 0.15) is 31.3 Å². The van der Waals surface area contributed by atoms with E-state index in [1.165, 1.54) is 39.4 Å². The largest absolute Gasteiger partial charge is 0.460 e. The lowest BCUT2D eigenvalue weighted by molar-refractivity contribution is -0.693. The average molecular weight is 332 g/mol. The number of nitrogens with one attached hydrogen (secondary N) is 1. The Morgan fingerprint density at radius 2 is 2.00 bits per heavy atom. The Balaban J connectivity index is 1.90. The molecule has 4 nitrogen and oxygen atoms in total. The van der Waals surface area contributed by atoms with E-state index in [-0.39, 0.29) is 0 Å². The van der Waals surface area contributed by atoms with Crippen LogP contribution in [-0.4, -0.2) is 9.55 Å². The van der Waals surface area contributed by atoms with Crippen LogP contribution in [0.3, 0.4) is 0 Å². The lowest BCUT2D eigenvalue weighted by Gasteiger charge is -2.11. The van der Waals surface area contributed by atoms with Crippen LogP contribution in [-0.2, 0) is 13.0 Å². The lowest BCUT2D eigenvalue weighted by atomic mass is 10.0. The Labute approximate surface area is 146 Å². The van der Waals surface area contributed by atoms with Crippen molar-refractivity contribution in [3.63, 3.8) is 0 Å². The van der Waals surface area contributed by atoms with Crippen LogP contribution in [0, 0.1) is 6.92 Å². The Morgan fingerprint density at radius 3 is 2.76 bits per heavy atom. The molecule has 1 aliphatic rings. The summed E-state index contributed by atoms with van der Waals surface area (Å²) in [5, 5.41) is 1.34. The van der Waals surface area contributed by atoms with Gasteiger partial charge in [-0.25, -0.2) is 9.13 Å². The third-order valence-electron chi connectivity index (χ3n) is 5.38. The van der Waals surface area contributed by atoms with Gasteiger partial charge in [-0.05, 0) is 37.6 Å². The van der Waals surface area contributed by atoms with Crippen molar-refractivity contribution in [1.29, 1.82) is 0 Å². The van der Waals surface area contributed by atoms with Gasteiger partial charge in [0.1, 0.15) is 0 Å². The van der Waals surface area contributed by atoms with Gasteiger partial charge >= 0.3 is 0 Å². The van der Waals surface area contributed by atoms with E-state index in [1.807, 2.05) is 6.07 Å². The maximum absolute atomic E-state index is 5.83. The Bertz CT molecular complexity index is 1080. The summed E-state index contributed by atoms with van der Waals surface area (Å²) in [6.45, 7) is 7.68. The number of aromatic amines is 1. The van der Waals surface area contributed by atoms with Gasteiger partial charge in [0.25, 0.3) is 5.82 Å². The molecule has 25 heavy (non-hydrogen) atoms. The molecule has 1 N–H and O–H groups in total. The molecule has 0 unspecified atom stereocenters. The molecular formula is C21H22N3O+. The number of fused-ring (bicyclic) bond motifs is 5. The number of imidazole rings is 1. The van der Waals surface area contributed by atoms with Gasteiger partial charge in [-0.1, -0.05) is 18.2 Å². The predicted molar refractivity (Wildman–Crippen MR) is 98.4 cm³/mol. The third kappa shape index (κ3) is 1.91. The van der Waals surface area contributed by atoms with Gasteiger partial charge in [0.15, 0.2) is 5.76 Å². The number of hydrogen-bond acceptors (Lipinski definition) is 1. The maximum atomic E-state index is 5.83. The van der Waals surface area contributed by atoms with E-state index < -0.39 is 0 Å². The van der Waals surface area contributed by atoms with Gasteiger partial charge < -0.3 is 9.40 Å². The molecule has 4 aromatic rings. The number of aryl methyl sites for hydroxylation is 1.